The van der Waals surface area contributed by atoms with Crippen LogP contribution in [-0.4, -0.2) is 63.5 Å². The Hall–Kier alpha value is -0.160. The molecule has 0 radical (unpaired) electrons. The summed E-state index contributed by atoms with van der Waals surface area (Å²) in [5.41, 5.74) is 0. The number of hydrogen-bond acceptors (Lipinski definition) is 4. The van der Waals surface area contributed by atoms with Gasteiger partial charge < -0.3 is 14.8 Å². The second-order valence-corrected chi connectivity index (χ2v) is 5.99. The zero-order valence-corrected chi connectivity index (χ0v) is 12.6. The third-order valence-electron chi connectivity index (χ3n) is 4.44. The van der Waals surface area contributed by atoms with Crippen LogP contribution in [0.2, 0.25) is 0 Å². The van der Waals surface area contributed by atoms with Gasteiger partial charge in [0.15, 0.2) is 0 Å². The molecule has 0 aromatic heterocycles. The molecule has 112 valence electrons. The number of ether oxygens (including phenoxy) is 2. The first-order chi connectivity index (χ1) is 9.31. The van der Waals surface area contributed by atoms with Crippen LogP contribution in [0, 0.1) is 5.92 Å². The molecule has 2 unspecified atom stereocenters. The topological polar surface area (TPSA) is 33.7 Å². The first-order valence-electron chi connectivity index (χ1n) is 7.90. The monoisotopic (exact) mass is 270 g/mol. The highest BCUT2D eigenvalue weighted by molar-refractivity contribution is 4.87. The SMILES string of the molecule is CCCNC1CCOCC1N(C)CC1CCOCC1. The summed E-state index contributed by atoms with van der Waals surface area (Å²) < 4.78 is 11.1. The third-order valence-corrected chi connectivity index (χ3v) is 4.44. The molecule has 2 fully saturated rings. The quantitative estimate of drug-likeness (QED) is 0.793. The minimum Gasteiger partial charge on any atom is -0.381 e. The van der Waals surface area contributed by atoms with Gasteiger partial charge in [-0.25, -0.2) is 0 Å². The van der Waals surface area contributed by atoms with E-state index in [0.717, 1.165) is 45.3 Å². The maximum Gasteiger partial charge on any atom is 0.0636 e. The van der Waals surface area contributed by atoms with E-state index in [1.807, 2.05) is 0 Å². The Morgan fingerprint density at radius 2 is 1.84 bits per heavy atom. The summed E-state index contributed by atoms with van der Waals surface area (Å²) in [6, 6.07) is 1.13. The molecule has 2 aliphatic rings. The minimum atomic E-state index is 0.531. The molecule has 2 atom stereocenters. The van der Waals surface area contributed by atoms with E-state index in [1.165, 1.54) is 25.8 Å². The predicted octanol–water partition coefficient (Wildman–Crippen LogP) is 1.50. The van der Waals surface area contributed by atoms with E-state index >= 15 is 0 Å². The average Bonchev–Trinajstić information content (AvgIpc) is 2.46. The van der Waals surface area contributed by atoms with Gasteiger partial charge in [0, 0.05) is 38.4 Å². The summed E-state index contributed by atoms with van der Waals surface area (Å²) >= 11 is 0. The van der Waals surface area contributed by atoms with Crippen molar-refractivity contribution in [2.24, 2.45) is 5.92 Å². The molecule has 2 rings (SSSR count). The molecular weight excluding hydrogens is 240 g/mol. The molecule has 0 aromatic carbocycles. The molecule has 4 heteroatoms. The Labute approximate surface area is 117 Å². The van der Waals surface area contributed by atoms with E-state index in [-0.39, 0.29) is 0 Å². The summed E-state index contributed by atoms with van der Waals surface area (Å²) in [7, 11) is 2.26. The van der Waals surface area contributed by atoms with Crippen LogP contribution < -0.4 is 5.32 Å². The summed E-state index contributed by atoms with van der Waals surface area (Å²) in [6.45, 7) is 8.19. The van der Waals surface area contributed by atoms with Crippen molar-refractivity contribution in [3.8, 4) is 0 Å². The van der Waals surface area contributed by atoms with Gasteiger partial charge in [-0.05, 0) is 45.2 Å². The molecule has 0 aliphatic carbocycles. The maximum absolute atomic E-state index is 5.70. The lowest BCUT2D eigenvalue weighted by Gasteiger charge is -2.40. The number of likely N-dealkylation sites (N-methyl/N-ethyl adjacent to an activating group) is 1. The Balaban J connectivity index is 1.81. The van der Waals surface area contributed by atoms with Gasteiger partial charge in [-0.15, -0.1) is 0 Å². The molecule has 2 aliphatic heterocycles. The second kappa shape index (κ2) is 8.20. The molecule has 19 heavy (non-hydrogen) atoms. The molecule has 0 amide bonds. The normalized spacial score (nSPS) is 29.8. The zero-order chi connectivity index (χ0) is 13.5. The first-order valence-corrected chi connectivity index (χ1v) is 7.90. The van der Waals surface area contributed by atoms with Crippen molar-refractivity contribution in [1.82, 2.24) is 10.2 Å². The van der Waals surface area contributed by atoms with Crippen LogP contribution in [0.1, 0.15) is 32.6 Å². The second-order valence-electron chi connectivity index (χ2n) is 5.99. The highest BCUT2D eigenvalue weighted by atomic mass is 16.5. The van der Waals surface area contributed by atoms with E-state index in [0.29, 0.717) is 12.1 Å². The van der Waals surface area contributed by atoms with Crippen molar-refractivity contribution in [2.45, 2.75) is 44.7 Å². The molecule has 1 N–H and O–H groups in total. The van der Waals surface area contributed by atoms with Crippen molar-refractivity contribution < 1.29 is 9.47 Å². The van der Waals surface area contributed by atoms with E-state index in [1.54, 1.807) is 0 Å². The van der Waals surface area contributed by atoms with Crippen molar-refractivity contribution in [1.29, 1.82) is 0 Å². The lowest BCUT2D eigenvalue weighted by atomic mass is 9.96. The fraction of sp³-hybridized carbons (Fsp3) is 1.00. The fourth-order valence-electron chi connectivity index (χ4n) is 3.20. The van der Waals surface area contributed by atoms with Gasteiger partial charge in [-0.3, -0.25) is 4.90 Å². The van der Waals surface area contributed by atoms with Crippen LogP contribution in [0.25, 0.3) is 0 Å². The summed E-state index contributed by atoms with van der Waals surface area (Å²) in [5, 5.41) is 3.69. The van der Waals surface area contributed by atoms with Crippen molar-refractivity contribution >= 4 is 0 Å². The van der Waals surface area contributed by atoms with Gasteiger partial charge in [0.25, 0.3) is 0 Å². The first kappa shape index (κ1) is 15.2. The molecule has 2 saturated heterocycles. The molecule has 0 bridgehead atoms. The lowest BCUT2D eigenvalue weighted by molar-refractivity contribution is -0.00857. The molecule has 0 spiro atoms. The van der Waals surface area contributed by atoms with Crippen LogP contribution in [-0.2, 0) is 9.47 Å². The Kier molecular flexibility index (Phi) is 6.57. The van der Waals surface area contributed by atoms with Crippen molar-refractivity contribution in [3.63, 3.8) is 0 Å². The highest BCUT2D eigenvalue weighted by Crippen LogP contribution is 2.19. The van der Waals surface area contributed by atoms with Crippen LogP contribution in [0.5, 0.6) is 0 Å². The van der Waals surface area contributed by atoms with Gasteiger partial charge >= 0.3 is 0 Å². The van der Waals surface area contributed by atoms with E-state index in [9.17, 15) is 0 Å². The number of hydrogen-bond donors (Lipinski definition) is 1. The molecule has 0 saturated carbocycles. The van der Waals surface area contributed by atoms with E-state index < -0.39 is 0 Å². The standard InChI is InChI=1S/C15H30N2O2/c1-3-7-16-14-6-10-19-12-15(14)17(2)11-13-4-8-18-9-5-13/h13-16H,3-12H2,1-2H3. The maximum atomic E-state index is 5.70. The molecular formula is C15H30N2O2. The van der Waals surface area contributed by atoms with Crippen LogP contribution >= 0.6 is 0 Å². The minimum absolute atomic E-state index is 0.531. The lowest BCUT2D eigenvalue weighted by Crippen LogP contribution is -2.55. The van der Waals surface area contributed by atoms with Crippen LogP contribution in [0.15, 0.2) is 0 Å². The Bertz CT molecular complexity index is 244. The molecule has 2 heterocycles. The zero-order valence-electron chi connectivity index (χ0n) is 12.6. The summed E-state index contributed by atoms with van der Waals surface area (Å²) in [4.78, 5) is 2.52. The Morgan fingerprint density at radius 1 is 1.11 bits per heavy atom. The van der Waals surface area contributed by atoms with Gasteiger partial charge in [0.2, 0.25) is 0 Å². The predicted molar refractivity (Wildman–Crippen MR) is 77.5 cm³/mol. The molecule has 4 nitrogen and oxygen atoms in total. The Morgan fingerprint density at radius 3 is 2.58 bits per heavy atom. The van der Waals surface area contributed by atoms with E-state index in [4.69, 9.17) is 9.47 Å². The van der Waals surface area contributed by atoms with Crippen LogP contribution in [0.4, 0.5) is 0 Å². The average molecular weight is 270 g/mol. The van der Waals surface area contributed by atoms with Gasteiger partial charge in [-0.2, -0.15) is 0 Å². The van der Waals surface area contributed by atoms with Crippen molar-refractivity contribution in [2.75, 3.05) is 46.6 Å². The summed E-state index contributed by atoms with van der Waals surface area (Å²) in [5.74, 6) is 0.799. The van der Waals surface area contributed by atoms with Gasteiger partial charge in [0.05, 0.1) is 6.61 Å². The van der Waals surface area contributed by atoms with E-state index in [2.05, 4.69) is 24.2 Å². The smallest absolute Gasteiger partial charge is 0.0636 e. The molecule has 0 aromatic rings. The van der Waals surface area contributed by atoms with Gasteiger partial charge in [0.1, 0.15) is 0 Å². The number of nitrogens with one attached hydrogen (secondary N) is 1. The van der Waals surface area contributed by atoms with Crippen LogP contribution in [0.3, 0.4) is 0 Å². The third kappa shape index (κ3) is 4.71. The number of rotatable bonds is 6. The number of nitrogens with zero attached hydrogens (tertiary/aromatic N) is 1. The van der Waals surface area contributed by atoms with Gasteiger partial charge in [-0.1, -0.05) is 6.92 Å². The van der Waals surface area contributed by atoms with Crippen molar-refractivity contribution in [3.05, 3.63) is 0 Å². The summed E-state index contributed by atoms with van der Waals surface area (Å²) in [6.07, 6.45) is 4.77. The fourth-order valence-corrected chi connectivity index (χ4v) is 3.20. The largest absolute Gasteiger partial charge is 0.381 e. The highest BCUT2D eigenvalue weighted by Gasteiger charge is 2.29.